The third kappa shape index (κ3) is 6.71. The van der Waals surface area contributed by atoms with E-state index in [1.807, 2.05) is 0 Å². The first-order valence-corrected chi connectivity index (χ1v) is 19.1. The Balaban J connectivity index is 0.00000105. The van der Waals surface area contributed by atoms with Crippen LogP contribution in [0.2, 0.25) is 0 Å². The molecule has 0 bridgehead atoms. The molecule has 0 saturated heterocycles. The summed E-state index contributed by atoms with van der Waals surface area (Å²) in [7, 11) is 7.86. The van der Waals surface area contributed by atoms with E-state index >= 15 is 0 Å². The predicted octanol–water partition coefficient (Wildman–Crippen LogP) is 8.28. The fourth-order valence-corrected chi connectivity index (χ4v) is 10.2. The van der Waals surface area contributed by atoms with Crippen LogP contribution in [-0.4, -0.2) is 4.98 Å². The maximum Gasteiger partial charge on any atom is 0.0793 e. The molecular formula is C37H27Cl2NNiP2. The van der Waals surface area contributed by atoms with E-state index in [0.717, 1.165) is 11.0 Å². The van der Waals surface area contributed by atoms with E-state index in [9.17, 15) is 0 Å². The maximum absolute atomic E-state index is 5.55. The molecule has 0 atom stereocenters. The van der Waals surface area contributed by atoms with Crippen LogP contribution in [-0.2, 0) is 12.7 Å². The second kappa shape index (κ2) is 14.6. The molecule has 0 radical (unpaired) electrons. The van der Waals surface area contributed by atoms with E-state index in [0.29, 0.717) is 12.7 Å². The summed E-state index contributed by atoms with van der Waals surface area (Å²) >= 11 is 0.569. The molecule has 43 heavy (non-hydrogen) atoms. The standard InChI is InChI=1S/C37H27NP2.2ClH.Ni/c1-5-17-30(18-6-1)39(31-19-7-2-8-20-31)34-25-13-15-28-27-29-16-14-26-35(37(29)38-36(28)34)40(32-21-9-3-10-22-32)33-23-11-4-12-24-33;;;/h1-27H;2*1H;/q;;;+2/p-2. The smallest absolute Gasteiger partial charge is 0.0793 e. The summed E-state index contributed by atoms with van der Waals surface area (Å²) in [4.78, 5) is 5.55. The van der Waals surface area contributed by atoms with Gasteiger partial charge in [-0.25, -0.2) is 4.98 Å². The third-order valence-electron chi connectivity index (χ3n) is 7.17. The van der Waals surface area contributed by atoms with Gasteiger partial charge in [0.1, 0.15) is 0 Å². The summed E-state index contributed by atoms with van der Waals surface area (Å²) in [5.41, 5.74) is 2.19. The van der Waals surface area contributed by atoms with E-state index < -0.39 is 15.8 Å². The third-order valence-corrected chi connectivity index (χ3v) is 12.1. The van der Waals surface area contributed by atoms with Crippen LogP contribution >= 0.6 is 36.2 Å². The second-order valence-corrected chi connectivity index (χ2v) is 15.7. The first-order valence-electron chi connectivity index (χ1n) is 13.7. The van der Waals surface area contributed by atoms with Gasteiger partial charge >= 0.3 is 33.0 Å². The van der Waals surface area contributed by atoms with Crippen LogP contribution in [0.5, 0.6) is 0 Å². The first-order chi connectivity index (χ1) is 21.3. The molecule has 0 unspecified atom stereocenters. The average molecular weight is 677 g/mol. The Morgan fingerprint density at radius 2 is 0.698 bits per heavy atom. The zero-order valence-corrected chi connectivity index (χ0v) is 27.3. The normalized spacial score (nSPS) is 11.2. The van der Waals surface area contributed by atoms with E-state index in [-0.39, 0.29) is 0 Å². The maximum atomic E-state index is 5.55. The number of hydrogen-bond acceptors (Lipinski definition) is 1. The number of benzene rings is 6. The molecule has 6 heteroatoms. The molecule has 6 aromatic carbocycles. The van der Waals surface area contributed by atoms with Crippen molar-refractivity contribution in [1.29, 1.82) is 0 Å². The minimum Gasteiger partial charge on any atom is -0.246 e. The minimum absolute atomic E-state index is 0.569. The number of rotatable bonds is 6. The van der Waals surface area contributed by atoms with Gasteiger partial charge in [0, 0.05) is 21.4 Å². The van der Waals surface area contributed by atoms with Gasteiger partial charge in [-0.05, 0) is 43.1 Å². The summed E-state index contributed by atoms with van der Waals surface area (Å²) in [5.74, 6) is 0. The monoisotopic (exact) mass is 675 g/mol. The van der Waals surface area contributed by atoms with Crippen LogP contribution in [0.3, 0.4) is 0 Å². The van der Waals surface area contributed by atoms with Crippen molar-refractivity contribution in [1.82, 2.24) is 4.98 Å². The van der Waals surface area contributed by atoms with Crippen molar-refractivity contribution < 1.29 is 12.7 Å². The minimum atomic E-state index is -0.771. The van der Waals surface area contributed by atoms with Gasteiger partial charge in [0.05, 0.1) is 11.0 Å². The molecule has 0 spiro atoms. The van der Waals surface area contributed by atoms with E-state index in [2.05, 4.69) is 164 Å². The molecular weight excluding hydrogens is 650 g/mol. The van der Waals surface area contributed by atoms with Gasteiger partial charge in [0.25, 0.3) is 0 Å². The molecule has 1 heterocycles. The summed E-state index contributed by atoms with van der Waals surface area (Å²) in [6.45, 7) is 0. The van der Waals surface area contributed by atoms with Gasteiger partial charge < -0.3 is 0 Å². The Bertz CT molecular complexity index is 1710. The average Bonchev–Trinajstić information content (AvgIpc) is 3.07. The number of nitrogens with zero attached hydrogens (tertiary/aromatic N) is 1. The van der Waals surface area contributed by atoms with Crippen molar-refractivity contribution in [3.63, 3.8) is 0 Å². The molecule has 0 aliphatic rings. The van der Waals surface area contributed by atoms with Gasteiger partial charge in [-0.3, -0.25) is 0 Å². The van der Waals surface area contributed by atoms with Gasteiger partial charge in [-0.15, -0.1) is 0 Å². The molecule has 7 rings (SSSR count). The molecule has 0 aliphatic heterocycles. The number of aromatic nitrogens is 1. The summed E-state index contributed by atoms with van der Waals surface area (Å²) < 4.78 is 0. The number of para-hydroxylation sites is 2. The number of fused-ring (bicyclic) bond motifs is 2. The van der Waals surface area contributed by atoms with E-state index in [1.54, 1.807) is 0 Å². The Hall–Kier alpha value is -3.08. The van der Waals surface area contributed by atoms with E-state index in [1.165, 1.54) is 42.6 Å². The number of hydrogen-bond donors (Lipinski definition) is 0. The predicted molar refractivity (Wildman–Crippen MR) is 188 cm³/mol. The fourth-order valence-electron chi connectivity index (χ4n) is 5.38. The van der Waals surface area contributed by atoms with Crippen LogP contribution in [0.15, 0.2) is 164 Å². The van der Waals surface area contributed by atoms with Crippen molar-refractivity contribution in [2.24, 2.45) is 0 Å². The fraction of sp³-hybridized carbons (Fsp3) is 0. The van der Waals surface area contributed by atoms with Crippen LogP contribution in [0, 0.1) is 0 Å². The van der Waals surface area contributed by atoms with Crippen molar-refractivity contribution in [2.75, 3.05) is 0 Å². The van der Waals surface area contributed by atoms with Crippen LogP contribution in [0.1, 0.15) is 0 Å². The Morgan fingerprint density at radius 1 is 0.395 bits per heavy atom. The molecule has 0 fully saturated rings. The van der Waals surface area contributed by atoms with Gasteiger partial charge in [-0.2, -0.15) is 0 Å². The van der Waals surface area contributed by atoms with Crippen molar-refractivity contribution in [3.05, 3.63) is 164 Å². The molecule has 1 nitrogen and oxygen atoms in total. The molecule has 1 aromatic heterocycles. The van der Waals surface area contributed by atoms with E-state index in [4.69, 9.17) is 25.4 Å². The van der Waals surface area contributed by atoms with Gasteiger partial charge in [-0.1, -0.05) is 158 Å². The van der Waals surface area contributed by atoms with Crippen LogP contribution in [0.25, 0.3) is 21.8 Å². The number of pyridine rings is 1. The molecule has 0 aliphatic carbocycles. The van der Waals surface area contributed by atoms with Crippen molar-refractivity contribution in [3.8, 4) is 0 Å². The zero-order chi connectivity index (χ0) is 29.4. The molecule has 0 saturated carbocycles. The van der Waals surface area contributed by atoms with Crippen molar-refractivity contribution >= 4 is 89.9 Å². The molecule has 214 valence electrons. The molecule has 0 amide bonds. The first kappa shape index (κ1) is 30.0. The van der Waals surface area contributed by atoms with Gasteiger partial charge in [0.2, 0.25) is 0 Å². The quantitative estimate of drug-likeness (QED) is 0.0982. The summed E-state index contributed by atoms with van der Waals surface area (Å²) in [6.07, 6.45) is 0. The Labute approximate surface area is 269 Å². The Kier molecular flexibility index (Phi) is 10.2. The topological polar surface area (TPSA) is 12.9 Å². The second-order valence-electron chi connectivity index (χ2n) is 9.74. The largest absolute Gasteiger partial charge is 0.246 e. The summed E-state index contributed by atoms with van der Waals surface area (Å²) in [5, 5.41) is 10.3. The van der Waals surface area contributed by atoms with Crippen LogP contribution in [0.4, 0.5) is 0 Å². The SMILES string of the molecule is [Cl][Ni][Cl].c1ccc(P(c2ccccc2)c2cccc3cc4cccc(P(c5ccccc5)c5ccccc5)c4nc23)cc1. The van der Waals surface area contributed by atoms with Crippen molar-refractivity contribution in [2.45, 2.75) is 0 Å². The zero-order valence-electron chi connectivity index (χ0n) is 23.0. The number of halogens is 2. The molecule has 7 aromatic rings. The summed E-state index contributed by atoms with van der Waals surface area (Å²) in [6, 6.07) is 59.3. The van der Waals surface area contributed by atoms with Crippen LogP contribution < -0.4 is 31.8 Å². The Morgan fingerprint density at radius 3 is 1.00 bits per heavy atom. The van der Waals surface area contributed by atoms with Gasteiger partial charge in [0.15, 0.2) is 0 Å². The molecule has 0 N–H and O–H groups in total.